The average Bonchev–Trinajstić information content (AvgIpc) is 2.76. The summed E-state index contributed by atoms with van der Waals surface area (Å²) in [6.45, 7) is 5.18. The number of carbonyl (C=O) groups is 1. The largest absolute Gasteiger partial charge is 0.356 e. The molecule has 2 nitrogen and oxygen atoms in total. The number of amides is 1. The van der Waals surface area contributed by atoms with Crippen LogP contribution >= 0.6 is 27.3 Å². The van der Waals surface area contributed by atoms with Crippen molar-refractivity contribution in [3.63, 3.8) is 0 Å². The van der Waals surface area contributed by atoms with Crippen LogP contribution in [-0.4, -0.2) is 12.5 Å². The molecule has 1 rings (SSSR count). The molecule has 0 unspecified atom stereocenters. The van der Waals surface area contributed by atoms with Crippen LogP contribution in [0.4, 0.5) is 0 Å². The van der Waals surface area contributed by atoms with E-state index in [1.54, 1.807) is 11.3 Å². The molecular formula is C14H22BrNOS. The maximum absolute atomic E-state index is 11.7. The highest BCUT2D eigenvalue weighted by atomic mass is 79.9. The fourth-order valence-electron chi connectivity index (χ4n) is 1.83. The van der Waals surface area contributed by atoms with Gasteiger partial charge in [0.25, 0.3) is 0 Å². The van der Waals surface area contributed by atoms with Crippen LogP contribution in [0.1, 0.15) is 44.4 Å². The molecule has 0 fully saturated rings. The number of nitrogens with one attached hydrogen (secondary N) is 1. The number of hydrogen-bond acceptors (Lipinski definition) is 2. The number of rotatable bonds is 8. The fourth-order valence-corrected chi connectivity index (χ4v) is 3.36. The first kappa shape index (κ1) is 15.7. The van der Waals surface area contributed by atoms with Gasteiger partial charge in [-0.25, -0.2) is 0 Å². The Kier molecular flexibility index (Phi) is 7.59. The summed E-state index contributed by atoms with van der Waals surface area (Å²) < 4.78 is 1.16. The Balaban J connectivity index is 2.13. The third-order valence-electron chi connectivity index (χ3n) is 3.20. The molecule has 0 spiro atoms. The molecule has 0 bridgehead atoms. The molecule has 0 aliphatic rings. The van der Waals surface area contributed by atoms with E-state index in [0.29, 0.717) is 12.3 Å². The zero-order valence-electron chi connectivity index (χ0n) is 11.2. The highest BCUT2D eigenvalue weighted by Crippen LogP contribution is 2.23. The third-order valence-corrected chi connectivity index (χ3v) is 4.88. The van der Waals surface area contributed by atoms with Gasteiger partial charge in [0.05, 0.1) is 3.79 Å². The molecule has 1 aromatic heterocycles. The number of aryl methyl sites for hydroxylation is 1. The van der Waals surface area contributed by atoms with Crippen LogP contribution in [0.3, 0.4) is 0 Å². The molecule has 0 radical (unpaired) electrons. The van der Waals surface area contributed by atoms with Crippen LogP contribution < -0.4 is 5.32 Å². The van der Waals surface area contributed by atoms with Crippen LogP contribution in [0, 0.1) is 5.92 Å². The Labute approximate surface area is 122 Å². The standard InChI is InChI=1S/C14H22BrNOS/c1-3-11(4-2)10-16-14(17)7-5-6-12-8-9-13(15)18-12/h8-9,11H,3-7,10H2,1-2H3,(H,16,17). The minimum Gasteiger partial charge on any atom is -0.356 e. The van der Waals surface area contributed by atoms with Crippen LogP contribution in [0.25, 0.3) is 0 Å². The number of thiophene rings is 1. The van der Waals surface area contributed by atoms with Crippen LogP contribution in [-0.2, 0) is 11.2 Å². The second-order valence-corrected chi connectivity index (χ2v) is 7.09. The summed E-state index contributed by atoms with van der Waals surface area (Å²) >= 11 is 5.20. The second-order valence-electron chi connectivity index (χ2n) is 4.55. The van der Waals surface area contributed by atoms with E-state index in [1.165, 1.54) is 4.88 Å². The van der Waals surface area contributed by atoms with E-state index in [-0.39, 0.29) is 5.91 Å². The van der Waals surface area contributed by atoms with Crippen molar-refractivity contribution in [2.75, 3.05) is 6.54 Å². The summed E-state index contributed by atoms with van der Waals surface area (Å²) in [5.74, 6) is 0.819. The van der Waals surface area contributed by atoms with Gasteiger partial charge >= 0.3 is 0 Å². The van der Waals surface area contributed by atoms with E-state index in [2.05, 4.69) is 47.2 Å². The SMILES string of the molecule is CCC(CC)CNC(=O)CCCc1ccc(Br)s1. The molecular weight excluding hydrogens is 310 g/mol. The maximum atomic E-state index is 11.7. The average molecular weight is 332 g/mol. The Morgan fingerprint density at radius 3 is 2.67 bits per heavy atom. The van der Waals surface area contributed by atoms with Crippen molar-refractivity contribution in [1.82, 2.24) is 5.32 Å². The zero-order chi connectivity index (χ0) is 13.4. The van der Waals surface area contributed by atoms with Crippen LogP contribution in [0.5, 0.6) is 0 Å². The Hall–Kier alpha value is -0.350. The van der Waals surface area contributed by atoms with Gasteiger partial charge in [0, 0.05) is 17.8 Å². The first-order valence-corrected chi connectivity index (χ1v) is 8.27. The quantitative estimate of drug-likeness (QED) is 0.752. The molecule has 0 aromatic carbocycles. The minimum atomic E-state index is 0.192. The van der Waals surface area contributed by atoms with Gasteiger partial charge in [0.2, 0.25) is 5.91 Å². The van der Waals surface area contributed by atoms with Gasteiger partial charge in [-0.2, -0.15) is 0 Å². The smallest absolute Gasteiger partial charge is 0.220 e. The number of halogens is 1. The normalized spacial score (nSPS) is 10.9. The summed E-state index contributed by atoms with van der Waals surface area (Å²) in [5.41, 5.74) is 0. The molecule has 1 N–H and O–H groups in total. The molecule has 0 aliphatic carbocycles. The summed E-state index contributed by atoms with van der Waals surface area (Å²) in [6.07, 6.45) is 4.84. The van der Waals surface area contributed by atoms with Gasteiger partial charge in [-0.15, -0.1) is 11.3 Å². The van der Waals surface area contributed by atoms with Gasteiger partial charge in [-0.1, -0.05) is 26.7 Å². The Morgan fingerprint density at radius 2 is 2.11 bits per heavy atom. The molecule has 102 valence electrons. The lowest BCUT2D eigenvalue weighted by atomic mass is 10.0. The van der Waals surface area contributed by atoms with Crippen molar-refractivity contribution in [2.24, 2.45) is 5.92 Å². The maximum Gasteiger partial charge on any atom is 0.220 e. The molecule has 0 saturated heterocycles. The lowest BCUT2D eigenvalue weighted by Gasteiger charge is -2.13. The molecule has 18 heavy (non-hydrogen) atoms. The van der Waals surface area contributed by atoms with E-state index in [4.69, 9.17) is 0 Å². The summed E-state index contributed by atoms with van der Waals surface area (Å²) in [4.78, 5) is 13.0. The van der Waals surface area contributed by atoms with Crippen LogP contribution in [0.15, 0.2) is 15.9 Å². The number of hydrogen-bond donors (Lipinski definition) is 1. The summed E-state index contributed by atoms with van der Waals surface area (Å²) in [5, 5.41) is 3.03. The van der Waals surface area contributed by atoms with Crippen molar-refractivity contribution < 1.29 is 4.79 Å². The van der Waals surface area contributed by atoms with E-state index < -0.39 is 0 Å². The lowest BCUT2D eigenvalue weighted by molar-refractivity contribution is -0.121. The monoisotopic (exact) mass is 331 g/mol. The molecule has 0 atom stereocenters. The zero-order valence-corrected chi connectivity index (χ0v) is 13.6. The van der Waals surface area contributed by atoms with Gasteiger partial charge in [0.1, 0.15) is 0 Å². The van der Waals surface area contributed by atoms with Crippen molar-refractivity contribution in [1.29, 1.82) is 0 Å². The van der Waals surface area contributed by atoms with Gasteiger partial charge in [0.15, 0.2) is 0 Å². The second kappa shape index (κ2) is 8.70. The van der Waals surface area contributed by atoms with E-state index >= 15 is 0 Å². The van der Waals surface area contributed by atoms with Gasteiger partial charge < -0.3 is 5.32 Å². The molecule has 4 heteroatoms. The molecule has 1 aromatic rings. The van der Waals surface area contributed by atoms with Crippen molar-refractivity contribution >= 4 is 33.2 Å². The Bertz CT molecular complexity index is 360. The lowest BCUT2D eigenvalue weighted by Crippen LogP contribution is -2.28. The number of carbonyl (C=O) groups excluding carboxylic acids is 1. The summed E-state index contributed by atoms with van der Waals surface area (Å²) in [7, 11) is 0. The van der Waals surface area contributed by atoms with E-state index in [0.717, 1.165) is 36.0 Å². The first-order valence-electron chi connectivity index (χ1n) is 6.66. The Morgan fingerprint density at radius 1 is 1.39 bits per heavy atom. The molecule has 0 saturated carbocycles. The van der Waals surface area contributed by atoms with Crippen molar-refractivity contribution in [3.8, 4) is 0 Å². The van der Waals surface area contributed by atoms with E-state index in [9.17, 15) is 4.79 Å². The first-order chi connectivity index (χ1) is 8.65. The predicted molar refractivity (Wildman–Crippen MR) is 82.0 cm³/mol. The highest BCUT2D eigenvalue weighted by Gasteiger charge is 2.06. The fraction of sp³-hybridized carbons (Fsp3) is 0.643. The van der Waals surface area contributed by atoms with Gasteiger partial charge in [-0.05, 0) is 46.8 Å². The van der Waals surface area contributed by atoms with Gasteiger partial charge in [-0.3, -0.25) is 4.79 Å². The topological polar surface area (TPSA) is 29.1 Å². The minimum absolute atomic E-state index is 0.192. The van der Waals surface area contributed by atoms with Crippen molar-refractivity contribution in [2.45, 2.75) is 46.0 Å². The van der Waals surface area contributed by atoms with Crippen LogP contribution in [0.2, 0.25) is 0 Å². The molecule has 1 amide bonds. The van der Waals surface area contributed by atoms with E-state index in [1.807, 2.05) is 0 Å². The predicted octanol–water partition coefficient (Wildman–Crippen LogP) is 4.39. The summed E-state index contributed by atoms with van der Waals surface area (Å²) in [6, 6.07) is 4.18. The third kappa shape index (κ3) is 6.01. The van der Waals surface area contributed by atoms with Crippen molar-refractivity contribution in [3.05, 3.63) is 20.8 Å². The molecule has 1 heterocycles. The highest BCUT2D eigenvalue weighted by molar-refractivity contribution is 9.11. The molecule has 0 aliphatic heterocycles.